The van der Waals surface area contributed by atoms with E-state index in [0.717, 1.165) is 0 Å². The first kappa shape index (κ1) is 12.9. The number of carboxylic acid groups (broad SMARTS) is 1. The number of anilines is 1. The van der Waals surface area contributed by atoms with E-state index in [4.69, 9.17) is 5.11 Å². The maximum atomic E-state index is 11.9. The van der Waals surface area contributed by atoms with E-state index in [2.05, 4.69) is 31.2 Å². The molecule has 1 aliphatic carbocycles. The highest BCUT2D eigenvalue weighted by Crippen LogP contribution is 2.31. The molecule has 0 bridgehead atoms. The Morgan fingerprint density at radius 2 is 2.00 bits per heavy atom. The normalized spacial score (nSPS) is 22.7. The van der Waals surface area contributed by atoms with Crippen molar-refractivity contribution in [1.82, 2.24) is 9.97 Å². The van der Waals surface area contributed by atoms with Crippen LogP contribution in [-0.2, 0) is 9.59 Å². The molecular weight excluding hydrogens is 302 g/mol. The summed E-state index contributed by atoms with van der Waals surface area (Å²) in [7, 11) is 0. The van der Waals surface area contributed by atoms with Crippen LogP contribution in [0.2, 0.25) is 0 Å². The van der Waals surface area contributed by atoms with Gasteiger partial charge in [-0.2, -0.15) is 0 Å². The van der Waals surface area contributed by atoms with Crippen LogP contribution in [0.15, 0.2) is 17.0 Å². The molecule has 1 heterocycles. The zero-order valence-corrected chi connectivity index (χ0v) is 11.1. The van der Waals surface area contributed by atoms with Crippen molar-refractivity contribution in [3.05, 3.63) is 17.0 Å². The van der Waals surface area contributed by atoms with Crippen molar-refractivity contribution in [3.8, 4) is 0 Å². The molecule has 0 aromatic carbocycles. The van der Waals surface area contributed by atoms with Gasteiger partial charge in [-0.25, -0.2) is 9.97 Å². The third-order valence-electron chi connectivity index (χ3n) is 3.02. The lowest BCUT2D eigenvalue weighted by molar-refractivity contribution is -0.141. The van der Waals surface area contributed by atoms with Crippen molar-refractivity contribution in [2.45, 2.75) is 19.3 Å². The number of rotatable bonds is 3. The number of carbonyl (C=O) groups excluding carboxylic acids is 1. The third-order valence-corrected chi connectivity index (χ3v) is 3.43. The summed E-state index contributed by atoms with van der Waals surface area (Å²) in [5.74, 6) is -1.29. The van der Waals surface area contributed by atoms with Gasteiger partial charge in [0.2, 0.25) is 5.91 Å². The van der Waals surface area contributed by atoms with Crippen LogP contribution in [0.4, 0.5) is 5.82 Å². The maximum Gasteiger partial charge on any atom is 0.306 e. The molecule has 18 heavy (non-hydrogen) atoms. The van der Waals surface area contributed by atoms with Crippen molar-refractivity contribution < 1.29 is 14.7 Å². The molecular formula is C11H12BrN3O3. The number of aromatic nitrogens is 2. The first-order valence-corrected chi connectivity index (χ1v) is 6.37. The van der Waals surface area contributed by atoms with Crippen molar-refractivity contribution >= 4 is 33.6 Å². The zero-order chi connectivity index (χ0) is 13.1. The van der Waals surface area contributed by atoms with Crippen LogP contribution in [0.25, 0.3) is 0 Å². The second kappa shape index (κ2) is 5.43. The number of hydrogen-bond donors (Lipinski definition) is 2. The van der Waals surface area contributed by atoms with Crippen molar-refractivity contribution in [2.24, 2.45) is 11.8 Å². The van der Waals surface area contributed by atoms with E-state index in [9.17, 15) is 9.59 Å². The number of hydrogen-bond acceptors (Lipinski definition) is 4. The Kier molecular flexibility index (Phi) is 3.90. The maximum absolute atomic E-state index is 11.9. The molecule has 1 aromatic rings. The van der Waals surface area contributed by atoms with Gasteiger partial charge in [-0.15, -0.1) is 0 Å². The van der Waals surface area contributed by atoms with Crippen molar-refractivity contribution in [1.29, 1.82) is 0 Å². The quantitative estimate of drug-likeness (QED) is 0.885. The van der Waals surface area contributed by atoms with E-state index in [1.807, 2.05) is 0 Å². The summed E-state index contributed by atoms with van der Waals surface area (Å²) in [4.78, 5) is 30.6. The van der Waals surface area contributed by atoms with Gasteiger partial charge in [0.15, 0.2) is 5.82 Å². The molecule has 2 atom stereocenters. The summed E-state index contributed by atoms with van der Waals surface area (Å²) in [6.07, 6.45) is 4.49. The van der Waals surface area contributed by atoms with Crippen LogP contribution in [0.5, 0.6) is 0 Å². The number of carbonyl (C=O) groups is 2. The van der Waals surface area contributed by atoms with Gasteiger partial charge in [-0.05, 0) is 35.2 Å². The smallest absolute Gasteiger partial charge is 0.306 e. The highest BCUT2D eigenvalue weighted by Gasteiger charge is 2.33. The summed E-state index contributed by atoms with van der Waals surface area (Å²) < 4.78 is 0.590. The van der Waals surface area contributed by atoms with Gasteiger partial charge in [0.1, 0.15) is 4.60 Å². The molecule has 96 valence electrons. The van der Waals surface area contributed by atoms with Gasteiger partial charge in [0.05, 0.1) is 18.3 Å². The van der Waals surface area contributed by atoms with Crippen LogP contribution >= 0.6 is 15.9 Å². The van der Waals surface area contributed by atoms with E-state index in [-0.39, 0.29) is 11.8 Å². The van der Waals surface area contributed by atoms with Crippen LogP contribution in [0.3, 0.4) is 0 Å². The first-order chi connectivity index (χ1) is 8.56. The van der Waals surface area contributed by atoms with Crippen LogP contribution in [-0.4, -0.2) is 27.0 Å². The standard InChI is InChI=1S/C11H12BrN3O3/c12-8-4-14-9(5-13-8)15-10(16)6-1-2-7(3-6)11(17)18/h4-7H,1-3H2,(H,17,18)(H,14,15,16). The van der Waals surface area contributed by atoms with Gasteiger partial charge >= 0.3 is 5.97 Å². The fourth-order valence-electron chi connectivity index (χ4n) is 2.05. The molecule has 7 heteroatoms. The summed E-state index contributed by atoms with van der Waals surface area (Å²) >= 11 is 3.15. The molecule has 1 fully saturated rings. The topological polar surface area (TPSA) is 92.2 Å². The van der Waals surface area contributed by atoms with Crippen LogP contribution in [0.1, 0.15) is 19.3 Å². The highest BCUT2D eigenvalue weighted by atomic mass is 79.9. The van der Waals surface area contributed by atoms with E-state index in [1.54, 1.807) is 0 Å². The van der Waals surface area contributed by atoms with Crippen LogP contribution in [0, 0.1) is 11.8 Å². The molecule has 2 N–H and O–H groups in total. The Hall–Kier alpha value is -1.50. The molecule has 2 rings (SSSR count). The Bertz CT molecular complexity index is 463. The molecule has 1 saturated carbocycles. The number of nitrogens with zero attached hydrogens (tertiary/aromatic N) is 2. The zero-order valence-electron chi connectivity index (χ0n) is 9.47. The molecule has 0 aliphatic heterocycles. The molecule has 1 amide bonds. The predicted molar refractivity (Wildman–Crippen MR) is 66.8 cm³/mol. The summed E-state index contributed by atoms with van der Waals surface area (Å²) in [6, 6.07) is 0. The molecule has 0 radical (unpaired) electrons. The lowest BCUT2D eigenvalue weighted by Crippen LogP contribution is -2.22. The summed E-state index contributed by atoms with van der Waals surface area (Å²) in [5.41, 5.74) is 0. The lowest BCUT2D eigenvalue weighted by atomic mass is 10.0. The molecule has 2 unspecified atom stereocenters. The molecule has 6 nitrogen and oxygen atoms in total. The third kappa shape index (κ3) is 3.04. The minimum atomic E-state index is -0.825. The Labute approximate surface area is 112 Å². The van der Waals surface area contributed by atoms with E-state index in [0.29, 0.717) is 29.7 Å². The van der Waals surface area contributed by atoms with Gasteiger partial charge < -0.3 is 10.4 Å². The van der Waals surface area contributed by atoms with E-state index < -0.39 is 11.9 Å². The lowest BCUT2D eigenvalue weighted by Gasteiger charge is -2.09. The Morgan fingerprint density at radius 3 is 2.56 bits per heavy atom. The van der Waals surface area contributed by atoms with Crippen molar-refractivity contribution in [3.63, 3.8) is 0 Å². The second-order valence-electron chi connectivity index (χ2n) is 4.26. The Balaban J connectivity index is 1.93. The minimum absolute atomic E-state index is 0.185. The van der Waals surface area contributed by atoms with Gasteiger partial charge in [0, 0.05) is 5.92 Å². The van der Waals surface area contributed by atoms with Crippen molar-refractivity contribution in [2.75, 3.05) is 5.32 Å². The summed E-state index contributed by atoms with van der Waals surface area (Å²) in [6.45, 7) is 0. The molecule has 0 saturated heterocycles. The minimum Gasteiger partial charge on any atom is -0.481 e. The van der Waals surface area contributed by atoms with Gasteiger partial charge in [0.25, 0.3) is 0 Å². The SMILES string of the molecule is O=C(O)C1CCC(C(=O)Nc2cnc(Br)cn2)C1. The first-order valence-electron chi connectivity index (χ1n) is 5.57. The second-order valence-corrected chi connectivity index (χ2v) is 5.07. The monoisotopic (exact) mass is 313 g/mol. The predicted octanol–water partition coefficient (Wildman–Crippen LogP) is 1.68. The largest absolute Gasteiger partial charge is 0.481 e. The fourth-order valence-corrected chi connectivity index (χ4v) is 2.25. The van der Waals surface area contributed by atoms with E-state index in [1.165, 1.54) is 12.4 Å². The summed E-state index contributed by atoms with van der Waals surface area (Å²) in [5, 5.41) is 11.5. The fraction of sp³-hybridized carbons (Fsp3) is 0.455. The number of amides is 1. The number of halogens is 1. The number of nitrogens with one attached hydrogen (secondary N) is 1. The highest BCUT2D eigenvalue weighted by molar-refractivity contribution is 9.10. The average molecular weight is 314 g/mol. The van der Waals surface area contributed by atoms with Crippen LogP contribution < -0.4 is 5.32 Å². The van der Waals surface area contributed by atoms with E-state index >= 15 is 0 Å². The molecule has 1 aromatic heterocycles. The number of aliphatic carboxylic acids is 1. The van der Waals surface area contributed by atoms with Gasteiger partial charge in [-0.3, -0.25) is 9.59 Å². The average Bonchev–Trinajstić information content (AvgIpc) is 2.81. The Morgan fingerprint density at radius 1 is 1.28 bits per heavy atom. The molecule has 0 spiro atoms. The number of carboxylic acids is 1. The van der Waals surface area contributed by atoms with Gasteiger partial charge in [-0.1, -0.05) is 0 Å². The molecule has 1 aliphatic rings.